The highest BCUT2D eigenvalue weighted by molar-refractivity contribution is 6.32. The van der Waals surface area contributed by atoms with E-state index in [0.29, 0.717) is 34.1 Å². The van der Waals surface area contributed by atoms with Gasteiger partial charge < -0.3 is 29.0 Å². The smallest absolute Gasteiger partial charge is 0.296 e. The fourth-order valence-corrected chi connectivity index (χ4v) is 3.59. The number of nitriles is 1. The van der Waals surface area contributed by atoms with E-state index in [0.717, 1.165) is 0 Å². The summed E-state index contributed by atoms with van der Waals surface area (Å²) in [4.78, 5) is 11.7. The normalized spacial score (nSPS) is 25.7. The van der Waals surface area contributed by atoms with Gasteiger partial charge in [0.25, 0.3) is 6.01 Å². The largest absolute Gasteiger partial charge is 0.456 e. The second-order valence-electron chi connectivity index (χ2n) is 6.75. The Morgan fingerprint density at radius 2 is 1.97 bits per heavy atom. The van der Waals surface area contributed by atoms with E-state index in [9.17, 15) is 5.11 Å². The Morgan fingerprint density at radius 3 is 2.76 bits per heavy atom. The van der Waals surface area contributed by atoms with Crippen molar-refractivity contribution < 1.29 is 24.1 Å². The fraction of sp³-hybridized carbons (Fsp3) is 0.316. The number of aromatic nitrogens is 3. The lowest BCUT2D eigenvalue weighted by Crippen LogP contribution is -2.34. The molecule has 0 radical (unpaired) electrons. The predicted molar refractivity (Wildman–Crippen MR) is 100 cm³/mol. The number of hydrogen-bond donors (Lipinski definition) is 2. The Morgan fingerprint density at radius 1 is 1.17 bits per heavy atom. The van der Waals surface area contributed by atoms with Gasteiger partial charge in [0.2, 0.25) is 5.88 Å². The van der Waals surface area contributed by atoms with Crippen molar-refractivity contribution in [3.63, 3.8) is 0 Å². The Balaban J connectivity index is 1.36. The van der Waals surface area contributed by atoms with Gasteiger partial charge in [0.15, 0.2) is 11.8 Å². The molecule has 4 atom stereocenters. The van der Waals surface area contributed by atoms with Crippen LogP contribution in [0.3, 0.4) is 0 Å². The van der Waals surface area contributed by atoms with Crippen LogP contribution in [0.4, 0.5) is 0 Å². The number of aliphatic hydroxyl groups is 1. The third-order valence-electron chi connectivity index (χ3n) is 4.82. The van der Waals surface area contributed by atoms with E-state index >= 15 is 0 Å². The molecule has 2 fully saturated rings. The summed E-state index contributed by atoms with van der Waals surface area (Å²) in [6, 6.07) is 10.5. The summed E-state index contributed by atoms with van der Waals surface area (Å²) >= 11 is 6.28. The maximum Gasteiger partial charge on any atom is 0.296 e. The third kappa shape index (κ3) is 3.36. The van der Waals surface area contributed by atoms with Gasteiger partial charge in [-0.1, -0.05) is 11.6 Å². The molecule has 2 saturated heterocycles. The van der Waals surface area contributed by atoms with Gasteiger partial charge in [-0.2, -0.15) is 15.2 Å². The molecule has 0 aliphatic carbocycles. The first-order valence-electron chi connectivity index (χ1n) is 8.93. The Hall–Kier alpha value is -2.90. The second kappa shape index (κ2) is 7.17. The van der Waals surface area contributed by atoms with Gasteiger partial charge >= 0.3 is 0 Å². The van der Waals surface area contributed by atoms with Gasteiger partial charge in [-0.05, 0) is 30.3 Å². The van der Waals surface area contributed by atoms with Crippen molar-refractivity contribution in [2.24, 2.45) is 0 Å². The summed E-state index contributed by atoms with van der Waals surface area (Å²) in [5.74, 6) is 0.685. The highest BCUT2D eigenvalue weighted by Gasteiger charge is 2.48. The molecule has 29 heavy (non-hydrogen) atoms. The molecule has 3 aromatic rings. The number of benzene rings is 1. The number of hydrogen-bond acceptors (Lipinski definition) is 8. The standard InChI is InChI=1S/C19H15ClN4O5/c20-11-5-12-17(23-18(11)28-10-3-1-9(6-21)2-4-10)24-19(22-12)29-14-8-27-15-13(25)7-26-16(14)15/h1-5,13-16,25H,7-8H2,(H,22,23,24)/t13-,14-,15-,16-/m1/s1. The number of nitrogens with one attached hydrogen (secondary N) is 1. The quantitative estimate of drug-likeness (QED) is 0.666. The maximum atomic E-state index is 9.83. The van der Waals surface area contributed by atoms with E-state index < -0.39 is 6.10 Å². The van der Waals surface area contributed by atoms with Crippen LogP contribution in [0.2, 0.25) is 5.02 Å². The third-order valence-corrected chi connectivity index (χ3v) is 5.09. The molecule has 1 aromatic carbocycles. The number of imidazole rings is 1. The molecule has 4 heterocycles. The number of aromatic amines is 1. The Bertz CT molecular complexity index is 1100. The van der Waals surface area contributed by atoms with E-state index in [1.165, 1.54) is 0 Å². The van der Waals surface area contributed by atoms with Crippen LogP contribution in [0.25, 0.3) is 11.2 Å². The first-order valence-corrected chi connectivity index (χ1v) is 9.31. The minimum atomic E-state index is -0.647. The van der Waals surface area contributed by atoms with Gasteiger partial charge in [-0.25, -0.2) is 0 Å². The van der Waals surface area contributed by atoms with Crippen LogP contribution in [-0.4, -0.2) is 57.7 Å². The molecule has 2 aliphatic heterocycles. The molecule has 2 aromatic heterocycles. The summed E-state index contributed by atoms with van der Waals surface area (Å²) in [5, 5.41) is 19.0. The number of rotatable bonds is 4. The lowest BCUT2D eigenvalue weighted by Gasteiger charge is -2.15. The van der Waals surface area contributed by atoms with Crippen molar-refractivity contribution in [1.29, 1.82) is 5.26 Å². The molecule has 0 saturated carbocycles. The summed E-state index contributed by atoms with van der Waals surface area (Å²) in [7, 11) is 0. The highest BCUT2D eigenvalue weighted by atomic mass is 35.5. The first kappa shape index (κ1) is 18.1. The Labute approximate surface area is 169 Å². The molecule has 0 spiro atoms. The van der Waals surface area contributed by atoms with Crippen LogP contribution < -0.4 is 9.47 Å². The molecule has 5 rings (SSSR count). The van der Waals surface area contributed by atoms with E-state index in [4.69, 9.17) is 35.8 Å². The van der Waals surface area contributed by atoms with E-state index in [1.54, 1.807) is 30.3 Å². The minimum Gasteiger partial charge on any atom is -0.456 e. The number of halogens is 1. The molecular formula is C19H15ClN4O5. The van der Waals surface area contributed by atoms with Gasteiger partial charge in [0.1, 0.15) is 29.1 Å². The number of H-pyrrole nitrogens is 1. The van der Waals surface area contributed by atoms with Crippen molar-refractivity contribution in [1.82, 2.24) is 15.0 Å². The molecule has 0 amide bonds. The average Bonchev–Trinajstić information content (AvgIpc) is 3.40. The molecular weight excluding hydrogens is 400 g/mol. The zero-order valence-electron chi connectivity index (χ0n) is 14.9. The van der Waals surface area contributed by atoms with Crippen LogP contribution in [0.1, 0.15) is 5.56 Å². The number of pyridine rings is 1. The van der Waals surface area contributed by atoms with Crippen LogP contribution in [-0.2, 0) is 9.47 Å². The average molecular weight is 415 g/mol. The molecule has 0 bridgehead atoms. The van der Waals surface area contributed by atoms with Crippen molar-refractivity contribution >= 4 is 22.8 Å². The van der Waals surface area contributed by atoms with E-state index in [2.05, 4.69) is 15.0 Å². The monoisotopic (exact) mass is 414 g/mol. The molecule has 148 valence electrons. The first-order chi connectivity index (χ1) is 14.1. The SMILES string of the molecule is N#Cc1ccc(Oc2nc3nc(O[C@@H]4CO[C@H]5[C@@H]4OC[C@H]5O)[nH]c3cc2Cl)cc1. The molecule has 0 unspecified atom stereocenters. The number of nitrogens with zero attached hydrogens (tertiary/aromatic N) is 3. The summed E-state index contributed by atoms with van der Waals surface area (Å²) in [5.41, 5.74) is 1.48. The van der Waals surface area contributed by atoms with E-state index in [-0.39, 0.29) is 36.8 Å². The van der Waals surface area contributed by atoms with E-state index in [1.807, 2.05) is 6.07 Å². The summed E-state index contributed by atoms with van der Waals surface area (Å²) < 4.78 is 22.7. The number of ether oxygens (including phenoxy) is 4. The summed E-state index contributed by atoms with van der Waals surface area (Å²) in [6.45, 7) is 0.521. The molecule has 10 heteroatoms. The van der Waals surface area contributed by atoms with Crippen molar-refractivity contribution in [2.75, 3.05) is 13.2 Å². The highest BCUT2D eigenvalue weighted by Crippen LogP contribution is 2.32. The van der Waals surface area contributed by atoms with Crippen molar-refractivity contribution in [3.05, 3.63) is 40.9 Å². The van der Waals surface area contributed by atoms with Crippen LogP contribution in [0.15, 0.2) is 30.3 Å². The zero-order valence-corrected chi connectivity index (χ0v) is 15.7. The molecule has 9 nitrogen and oxygen atoms in total. The lowest BCUT2D eigenvalue weighted by molar-refractivity contribution is 0.00706. The number of aliphatic hydroxyl groups excluding tert-OH is 1. The molecule has 2 N–H and O–H groups in total. The zero-order chi connectivity index (χ0) is 20.0. The lowest BCUT2D eigenvalue weighted by atomic mass is 10.1. The van der Waals surface area contributed by atoms with Crippen LogP contribution in [0, 0.1) is 11.3 Å². The van der Waals surface area contributed by atoms with Crippen LogP contribution in [0.5, 0.6) is 17.6 Å². The van der Waals surface area contributed by atoms with Gasteiger partial charge in [-0.15, -0.1) is 0 Å². The van der Waals surface area contributed by atoms with Gasteiger partial charge in [0.05, 0.1) is 30.4 Å². The Kier molecular flexibility index (Phi) is 4.49. The van der Waals surface area contributed by atoms with Crippen LogP contribution >= 0.6 is 11.6 Å². The topological polar surface area (TPSA) is 123 Å². The fourth-order valence-electron chi connectivity index (χ4n) is 3.40. The van der Waals surface area contributed by atoms with Gasteiger partial charge in [-0.3, -0.25) is 0 Å². The number of fused-ring (bicyclic) bond motifs is 2. The second-order valence-corrected chi connectivity index (χ2v) is 7.15. The maximum absolute atomic E-state index is 9.83. The minimum absolute atomic E-state index is 0.188. The summed E-state index contributed by atoms with van der Waals surface area (Å²) in [6.07, 6.45) is -1.76. The predicted octanol–water partition coefficient (Wildman–Crippen LogP) is 2.18. The van der Waals surface area contributed by atoms with Crippen molar-refractivity contribution in [3.8, 4) is 23.7 Å². The molecule has 2 aliphatic rings. The van der Waals surface area contributed by atoms with Crippen molar-refractivity contribution in [2.45, 2.75) is 24.4 Å². The van der Waals surface area contributed by atoms with Gasteiger partial charge in [0, 0.05) is 0 Å².